The Morgan fingerprint density at radius 2 is 2.07 bits per heavy atom. The molecule has 2 aromatic carbocycles. The van der Waals surface area contributed by atoms with E-state index in [1.807, 2.05) is 11.0 Å². The van der Waals surface area contributed by atoms with Crippen molar-refractivity contribution >= 4 is 28.7 Å². The van der Waals surface area contributed by atoms with Crippen LogP contribution in [-0.4, -0.2) is 42.8 Å². The van der Waals surface area contributed by atoms with Crippen LogP contribution in [0.1, 0.15) is 29.1 Å². The van der Waals surface area contributed by atoms with E-state index in [0.717, 1.165) is 35.6 Å². The Morgan fingerprint density at radius 1 is 1.20 bits per heavy atom. The van der Waals surface area contributed by atoms with Gasteiger partial charge < -0.3 is 9.42 Å². The van der Waals surface area contributed by atoms with Gasteiger partial charge in [0.1, 0.15) is 16.9 Å². The van der Waals surface area contributed by atoms with E-state index in [1.54, 1.807) is 30.3 Å². The SMILES string of the molecule is O=C(c1ccc2nsnc2c1)N1CCC[C@@H](Cc2nc(-c3ccccc3F)no2)C1. The first-order valence-electron chi connectivity index (χ1n) is 9.76. The van der Waals surface area contributed by atoms with Gasteiger partial charge in [0, 0.05) is 25.1 Å². The van der Waals surface area contributed by atoms with E-state index in [9.17, 15) is 9.18 Å². The number of benzene rings is 2. The molecule has 1 atom stereocenters. The maximum absolute atomic E-state index is 13.9. The average Bonchev–Trinajstić information content (AvgIpc) is 3.42. The number of likely N-dealkylation sites (tertiary alicyclic amines) is 1. The standard InChI is InChI=1S/C21H18FN5O2S/c22-16-6-2-1-5-15(16)20-23-19(29-24-20)10-13-4-3-9-27(12-13)21(28)14-7-8-17-18(11-14)26-30-25-17/h1-2,5-8,11,13H,3-4,9-10,12H2/t13-/m0/s1. The predicted octanol–water partition coefficient (Wildman–Crippen LogP) is 3.98. The van der Waals surface area contributed by atoms with Gasteiger partial charge in [0.25, 0.3) is 5.91 Å². The maximum Gasteiger partial charge on any atom is 0.253 e. The third-order valence-electron chi connectivity index (χ3n) is 5.35. The lowest BCUT2D eigenvalue weighted by molar-refractivity contribution is 0.0668. The van der Waals surface area contributed by atoms with Gasteiger partial charge in [0.2, 0.25) is 11.7 Å². The Labute approximate surface area is 175 Å². The minimum Gasteiger partial charge on any atom is -0.339 e. The lowest BCUT2D eigenvalue weighted by atomic mass is 9.94. The highest BCUT2D eigenvalue weighted by molar-refractivity contribution is 7.00. The second kappa shape index (κ2) is 7.91. The summed E-state index contributed by atoms with van der Waals surface area (Å²) in [5.41, 5.74) is 2.48. The molecule has 9 heteroatoms. The number of hydrogen-bond donors (Lipinski definition) is 0. The highest BCUT2D eigenvalue weighted by Crippen LogP contribution is 2.25. The zero-order chi connectivity index (χ0) is 20.5. The van der Waals surface area contributed by atoms with Gasteiger partial charge in [-0.15, -0.1) is 0 Å². The minimum atomic E-state index is -0.383. The summed E-state index contributed by atoms with van der Waals surface area (Å²) in [5, 5.41) is 3.92. The summed E-state index contributed by atoms with van der Waals surface area (Å²) in [5.74, 6) is 0.527. The van der Waals surface area contributed by atoms with Crippen LogP contribution in [-0.2, 0) is 6.42 Å². The van der Waals surface area contributed by atoms with Crippen molar-refractivity contribution in [1.82, 2.24) is 23.8 Å². The van der Waals surface area contributed by atoms with Gasteiger partial charge in [-0.2, -0.15) is 13.7 Å². The van der Waals surface area contributed by atoms with Crippen molar-refractivity contribution in [3.8, 4) is 11.4 Å². The summed E-state index contributed by atoms with van der Waals surface area (Å²) in [7, 11) is 0. The van der Waals surface area contributed by atoms with Crippen molar-refractivity contribution in [1.29, 1.82) is 0 Å². The van der Waals surface area contributed by atoms with Crippen LogP contribution in [0, 0.1) is 11.7 Å². The highest BCUT2D eigenvalue weighted by atomic mass is 32.1. The molecule has 1 aliphatic rings. The molecular formula is C21H18FN5O2S. The zero-order valence-corrected chi connectivity index (χ0v) is 16.8. The molecule has 1 saturated heterocycles. The molecule has 1 amide bonds. The molecule has 7 nitrogen and oxygen atoms in total. The first-order valence-corrected chi connectivity index (χ1v) is 10.5. The molecule has 0 spiro atoms. The third-order valence-corrected chi connectivity index (χ3v) is 5.91. The van der Waals surface area contributed by atoms with Crippen LogP contribution in [0.2, 0.25) is 0 Å². The minimum absolute atomic E-state index is 0.00725. The number of halogens is 1. The first-order chi connectivity index (χ1) is 14.7. The van der Waals surface area contributed by atoms with Crippen LogP contribution in [0.15, 0.2) is 47.0 Å². The van der Waals surface area contributed by atoms with E-state index in [-0.39, 0.29) is 23.5 Å². The summed E-state index contributed by atoms with van der Waals surface area (Å²) in [6.07, 6.45) is 2.43. The van der Waals surface area contributed by atoms with Crippen LogP contribution in [0.25, 0.3) is 22.4 Å². The van der Waals surface area contributed by atoms with E-state index in [0.29, 0.717) is 36.5 Å². The summed E-state index contributed by atoms with van der Waals surface area (Å²) in [6.45, 7) is 1.33. The van der Waals surface area contributed by atoms with Crippen LogP contribution >= 0.6 is 11.7 Å². The Balaban J connectivity index is 1.28. The van der Waals surface area contributed by atoms with Crippen LogP contribution < -0.4 is 0 Å². The first kappa shape index (κ1) is 18.8. The molecule has 3 heterocycles. The van der Waals surface area contributed by atoms with Gasteiger partial charge in [-0.3, -0.25) is 4.79 Å². The molecule has 0 saturated carbocycles. The lowest BCUT2D eigenvalue weighted by Gasteiger charge is -2.32. The van der Waals surface area contributed by atoms with Gasteiger partial charge in [-0.25, -0.2) is 4.39 Å². The normalized spacial score (nSPS) is 16.8. The van der Waals surface area contributed by atoms with Crippen LogP contribution in [0.4, 0.5) is 4.39 Å². The molecule has 1 fully saturated rings. The smallest absolute Gasteiger partial charge is 0.253 e. The molecule has 0 bridgehead atoms. The van der Waals surface area contributed by atoms with Gasteiger partial charge >= 0.3 is 0 Å². The Hall–Kier alpha value is -3.20. The van der Waals surface area contributed by atoms with Gasteiger partial charge in [-0.05, 0) is 49.1 Å². The maximum atomic E-state index is 13.9. The van der Waals surface area contributed by atoms with Crippen LogP contribution in [0.3, 0.4) is 0 Å². The Bertz CT molecular complexity index is 1210. The number of nitrogens with zero attached hydrogens (tertiary/aromatic N) is 5. The number of amides is 1. The van der Waals surface area contributed by atoms with Crippen molar-refractivity contribution in [3.63, 3.8) is 0 Å². The second-order valence-electron chi connectivity index (χ2n) is 7.42. The van der Waals surface area contributed by atoms with E-state index < -0.39 is 0 Å². The molecule has 2 aromatic heterocycles. The molecule has 0 radical (unpaired) electrons. The number of piperidine rings is 1. The van der Waals surface area contributed by atoms with Crippen molar-refractivity contribution in [2.24, 2.45) is 5.92 Å². The fourth-order valence-corrected chi connectivity index (χ4v) is 4.37. The molecule has 0 N–H and O–H groups in total. The topological polar surface area (TPSA) is 85.0 Å². The number of aromatic nitrogens is 4. The second-order valence-corrected chi connectivity index (χ2v) is 7.95. The molecule has 152 valence electrons. The van der Waals surface area contributed by atoms with Crippen molar-refractivity contribution in [2.45, 2.75) is 19.3 Å². The highest BCUT2D eigenvalue weighted by Gasteiger charge is 2.26. The fraction of sp³-hybridized carbons (Fsp3) is 0.286. The lowest BCUT2D eigenvalue weighted by Crippen LogP contribution is -2.40. The number of carbonyl (C=O) groups is 1. The molecule has 5 rings (SSSR count). The van der Waals surface area contributed by atoms with Gasteiger partial charge in [0.15, 0.2) is 0 Å². The number of hydrogen-bond acceptors (Lipinski definition) is 7. The largest absolute Gasteiger partial charge is 0.339 e. The van der Waals surface area contributed by atoms with E-state index in [1.165, 1.54) is 6.07 Å². The van der Waals surface area contributed by atoms with E-state index >= 15 is 0 Å². The summed E-state index contributed by atoms with van der Waals surface area (Å²) in [6, 6.07) is 11.8. The number of rotatable bonds is 4. The predicted molar refractivity (Wildman–Crippen MR) is 109 cm³/mol. The van der Waals surface area contributed by atoms with Crippen molar-refractivity contribution in [2.75, 3.05) is 13.1 Å². The van der Waals surface area contributed by atoms with Crippen molar-refractivity contribution < 1.29 is 13.7 Å². The molecule has 0 aliphatic carbocycles. The monoisotopic (exact) mass is 423 g/mol. The fourth-order valence-electron chi connectivity index (χ4n) is 3.85. The summed E-state index contributed by atoms with van der Waals surface area (Å²) in [4.78, 5) is 19.2. The number of carbonyl (C=O) groups excluding carboxylic acids is 1. The summed E-state index contributed by atoms with van der Waals surface area (Å²) < 4.78 is 27.7. The average molecular weight is 423 g/mol. The quantitative estimate of drug-likeness (QED) is 0.494. The van der Waals surface area contributed by atoms with Crippen molar-refractivity contribution in [3.05, 3.63) is 59.7 Å². The van der Waals surface area contributed by atoms with Gasteiger partial charge in [-0.1, -0.05) is 17.3 Å². The van der Waals surface area contributed by atoms with E-state index in [2.05, 4.69) is 18.9 Å². The summed E-state index contributed by atoms with van der Waals surface area (Å²) >= 11 is 1.14. The third kappa shape index (κ3) is 3.68. The molecule has 0 unspecified atom stereocenters. The Kier molecular flexibility index (Phi) is 4.96. The number of fused-ring (bicyclic) bond motifs is 1. The Morgan fingerprint density at radius 3 is 2.97 bits per heavy atom. The molecule has 1 aliphatic heterocycles. The zero-order valence-electron chi connectivity index (χ0n) is 16.0. The molecular weight excluding hydrogens is 405 g/mol. The molecule has 30 heavy (non-hydrogen) atoms. The van der Waals surface area contributed by atoms with E-state index in [4.69, 9.17) is 4.52 Å². The van der Waals surface area contributed by atoms with Gasteiger partial charge in [0.05, 0.1) is 17.3 Å². The molecule has 4 aromatic rings. The van der Waals surface area contributed by atoms with Crippen LogP contribution in [0.5, 0.6) is 0 Å².